The van der Waals surface area contributed by atoms with Gasteiger partial charge in [-0.05, 0) is 43.5 Å². The first-order valence-corrected chi connectivity index (χ1v) is 9.40. The van der Waals surface area contributed by atoms with E-state index in [-0.39, 0.29) is 18.3 Å². The van der Waals surface area contributed by atoms with E-state index in [1.165, 1.54) is 18.0 Å². The first kappa shape index (κ1) is 19.4. The molecule has 3 heterocycles. The third-order valence-electron chi connectivity index (χ3n) is 4.42. The van der Waals surface area contributed by atoms with Crippen molar-refractivity contribution in [1.82, 2.24) is 19.7 Å². The molecule has 0 radical (unpaired) electrons. The smallest absolute Gasteiger partial charge is 0.259 e. The van der Waals surface area contributed by atoms with Crippen molar-refractivity contribution in [1.29, 1.82) is 0 Å². The second-order valence-electron chi connectivity index (χ2n) is 6.39. The van der Waals surface area contributed by atoms with Crippen LogP contribution in [0.5, 0.6) is 0 Å². The summed E-state index contributed by atoms with van der Waals surface area (Å²) in [5.41, 5.74) is 2.57. The zero-order chi connectivity index (χ0) is 17.8. The molecule has 1 aromatic carbocycles. The molecule has 1 fully saturated rings. The molecule has 3 aromatic rings. The molecule has 1 aliphatic rings. The maximum absolute atomic E-state index is 12.5. The standard InChI is InChI=1S/C19H19N5OS.ClH/c25-18(16-9-14(11-21-12-16)8-13-6-7-20-10-13)23-19-22-17(24-26-19)15-4-2-1-3-5-15;/h1-5,9,11-13,20H,6-8,10H2,(H,22,23,24,25);1H. The average Bonchev–Trinajstić information content (AvgIpc) is 3.35. The van der Waals surface area contributed by atoms with Gasteiger partial charge in [-0.2, -0.15) is 9.36 Å². The van der Waals surface area contributed by atoms with Crippen LogP contribution in [0.25, 0.3) is 11.4 Å². The van der Waals surface area contributed by atoms with Crippen LogP contribution < -0.4 is 10.6 Å². The highest BCUT2D eigenvalue weighted by molar-refractivity contribution is 7.10. The van der Waals surface area contributed by atoms with Crippen molar-refractivity contribution in [2.75, 3.05) is 18.4 Å². The fourth-order valence-corrected chi connectivity index (χ4v) is 3.68. The van der Waals surface area contributed by atoms with E-state index in [4.69, 9.17) is 0 Å². The van der Waals surface area contributed by atoms with Gasteiger partial charge in [0, 0.05) is 29.5 Å². The summed E-state index contributed by atoms with van der Waals surface area (Å²) in [6, 6.07) is 11.6. The molecule has 0 aliphatic carbocycles. The summed E-state index contributed by atoms with van der Waals surface area (Å²) in [6.45, 7) is 2.10. The lowest BCUT2D eigenvalue weighted by molar-refractivity contribution is 0.102. The molecule has 2 N–H and O–H groups in total. The quantitative estimate of drug-likeness (QED) is 0.684. The minimum atomic E-state index is -0.209. The van der Waals surface area contributed by atoms with E-state index in [9.17, 15) is 4.79 Å². The van der Waals surface area contributed by atoms with Crippen LogP contribution in [0.1, 0.15) is 22.3 Å². The summed E-state index contributed by atoms with van der Waals surface area (Å²) in [7, 11) is 0. The number of rotatable bonds is 5. The summed E-state index contributed by atoms with van der Waals surface area (Å²) in [5, 5.41) is 6.67. The van der Waals surface area contributed by atoms with Crippen LogP contribution in [-0.4, -0.2) is 33.3 Å². The van der Waals surface area contributed by atoms with Crippen LogP contribution in [0.15, 0.2) is 48.8 Å². The van der Waals surface area contributed by atoms with E-state index in [0.717, 1.165) is 30.6 Å². The molecule has 1 unspecified atom stereocenters. The fraction of sp³-hybridized carbons (Fsp3) is 0.263. The minimum Gasteiger partial charge on any atom is -0.316 e. The number of nitrogens with one attached hydrogen (secondary N) is 2. The van der Waals surface area contributed by atoms with E-state index in [0.29, 0.717) is 22.4 Å². The summed E-state index contributed by atoms with van der Waals surface area (Å²) >= 11 is 1.18. The average molecular weight is 402 g/mol. The van der Waals surface area contributed by atoms with Gasteiger partial charge in [-0.3, -0.25) is 15.1 Å². The molecule has 0 saturated carbocycles. The molecule has 27 heavy (non-hydrogen) atoms. The highest BCUT2D eigenvalue weighted by Crippen LogP contribution is 2.21. The molecule has 140 valence electrons. The predicted octanol–water partition coefficient (Wildman–Crippen LogP) is 3.43. The SMILES string of the molecule is Cl.O=C(Nc1nc(-c2ccccc2)ns1)c1cncc(CC2CCNC2)c1. The molecule has 2 aromatic heterocycles. The van der Waals surface area contributed by atoms with Crippen LogP contribution in [0.2, 0.25) is 0 Å². The molecule has 0 bridgehead atoms. The van der Waals surface area contributed by atoms with Crippen molar-refractivity contribution in [2.45, 2.75) is 12.8 Å². The molecular weight excluding hydrogens is 382 g/mol. The van der Waals surface area contributed by atoms with Crippen molar-refractivity contribution in [2.24, 2.45) is 5.92 Å². The number of benzene rings is 1. The van der Waals surface area contributed by atoms with Crippen LogP contribution >= 0.6 is 23.9 Å². The van der Waals surface area contributed by atoms with E-state index >= 15 is 0 Å². The molecule has 1 amide bonds. The number of pyridine rings is 1. The maximum atomic E-state index is 12.5. The number of amides is 1. The van der Waals surface area contributed by atoms with Gasteiger partial charge in [0.05, 0.1) is 5.56 Å². The zero-order valence-corrected chi connectivity index (χ0v) is 16.2. The van der Waals surface area contributed by atoms with E-state index in [1.54, 1.807) is 6.20 Å². The van der Waals surface area contributed by atoms with Crippen LogP contribution in [0.4, 0.5) is 5.13 Å². The second kappa shape index (κ2) is 9.03. The lowest BCUT2D eigenvalue weighted by atomic mass is 9.99. The number of halogens is 1. The normalized spacial score (nSPS) is 15.9. The van der Waals surface area contributed by atoms with Crippen molar-refractivity contribution in [3.8, 4) is 11.4 Å². The Balaban J connectivity index is 0.00000210. The molecule has 0 spiro atoms. The largest absolute Gasteiger partial charge is 0.316 e. The van der Waals surface area contributed by atoms with Crippen LogP contribution in [0, 0.1) is 5.92 Å². The highest BCUT2D eigenvalue weighted by Gasteiger charge is 2.16. The van der Waals surface area contributed by atoms with Gasteiger partial charge in [-0.15, -0.1) is 12.4 Å². The van der Waals surface area contributed by atoms with E-state index < -0.39 is 0 Å². The van der Waals surface area contributed by atoms with Gasteiger partial charge in [-0.25, -0.2) is 0 Å². The monoisotopic (exact) mass is 401 g/mol. The van der Waals surface area contributed by atoms with Gasteiger partial charge in [0.1, 0.15) is 0 Å². The van der Waals surface area contributed by atoms with Gasteiger partial charge >= 0.3 is 0 Å². The van der Waals surface area contributed by atoms with Gasteiger partial charge in [0.15, 0.2) is 5.82 Å². The topological polar surface area (TPSA) is 79.8 Å². The number of carbonyl (C=O) groups is 1. The summed E-state index contributed by atoms with van der Waals surface area (Å²) in [6.07, 6.45) is 5.54. The van der Waals surface area contributed by atoms with Crippen LogP contribution in [-0.2, 0) is 6.42 Å². The maximum Gasteiger partial charge on any atom is 0.259 e. The summed E-state index contributed by atoms with van der Waals surface area (Å²) in [5.74, 6) is 1.03. The number of carbonyl (C=O) groups excluding carboxylic acids is 1. The van der Waals surface area contributed by atoms with Crippen molar-refractivity contribution in [3.05, 3.63) is 59.9 Å². The van der Waals surface area contributed by atoms with Gasteiger partial charge in [-0.1, -0.05) is 30.3 Å². The van der Waals surface area contributed by atoms with Gasteiger partial charge in [0.2, 0.25) is 5.13 Å². The number of hydrogen-bond acceptors (Lipinski definition) is 6. The fourth-order valence-electron chi connectivity index (χ4n) is 3.09. The Bertz CT molecular complexity index is 896. The summed E-state index contributed by atoms with van der Waals surface area (Å²) < 4.78 is 4.31. The Kier molecular flexibility index (Phi) is 6.49. The zero-order valence-electron chi connectivity index (χ0n) is 14.6. The minimum absolute atomic E-state index is 0. The molecule has 1 aliphatic heterocycles. The van der Waals surface area contributed by atoms with E-state index in [2.05, 4.69) is 25.0 Å². The first-order chi connectivity index (χ1) is 12.8. The predicted molar refractivity (Wildman–Crippen MR) is 109 cm³/mol. The Morgan fingerprint density at radius 1 is 1.26 bits per heavy atom. The number of anilines is 1. The summed E-state index contributed by atoms with van der Waals surface area (Å²) in [4.78, 5) is 21.2. The van der Waals surface area contributed by atoms with Crippen molar-refractivity contribution < 1.29 is 4.79 Å². The lowest BCUT2D eigenvalue weighted by Crippen LogP contribution is -2.14. The van der Waals surface area contributed by atoms with Crippen molar-refractivity contribution >= 4 is 35.0 Å². The highest BCUT2D eigenvalue weighted by atomic mass is 35.5. The van der Waals surface area contributed by atoms with Crippen molar-refractivity contribution in [3.63, 3.8) is 0 Å². The Morgan fingerprint density at radius 3 is 2.89 bits per heavy atom. The number of hydrogen-bond donors (Lipinski definition) is 2. The first-order valence-electron chi connectivity index (χ1n) is 8.63. The number of nitrogens with zero attached hydrogens (tertiary/aromatic N) is 3. The second-order valence-corrected chi connectivity index (χ2v) is 7.14. The molecule has 8 heteroatoms. The Morgan fingerprint density at radius 2 is 2.11 bits per heavy atom. The molecule has 4 rings (SSSR count). The molecule has 6 nitrogen and oxygen atoms in total. The molecular formula is C19H20ClN5OS. The number of aromatic nitrogens is 3. The molecule has 1 saturated heterocycles. The third-order valence-corrected chi connectivity index (χ3v) is 5.05. The van der Waals surface area contributed by atoms with Crippen LogP contribution in [0.3, 0.4) is 0 Å². The van der Waals surface area contributed by atoms with E-state index in [1.807, 2.05) is 42.6 Å². The molecule has 1 atom stereocenters. The van der Waals surface area contributed by atoms with Gasteiger partial charge in [0.25, 0.3) is 5.91 Å². The Labute approximate surface area is 168 Å². The third kappa shape index (κ3) is 4.88. The Hall–Kier alpha value is -2.35. The lowest BCUT2D eigenvalue weighted by Gasteiger charge is -2.09. The van der Waals surface area contributed by atoms with Gasteiger partial charge < -0.3 is 5.32 Å².